The number of rotatable bonds is 0. The normalized spacial score (nSPS) is 8.43. The van der Waals surface area contributed by atoms with Crippen molar-refractivity contribution < 1.29 is 19.2 Å². The van der Waals surface area contributed by atoms with Crippen molar-refractivity contribution in [2.45, 2.75) is 0 Å². The second-order valence-electron chi connectivity index (χ2n) is 0.513. The molecule has 6 N–H and O–H groups in total. The van der Waals surface area contributed by atoms with E-state index in [9.17, 15) is 0 Å². The van der Waals surface area contributed by atoms with E-state index in [1.807, 2.05) is 0 Å². The van der Waals surface area contributed by atoms with E-state index in [0.29, 0.717) is 0 Å². The zero-order valence-electron chi connectivity index (χ0n) is 2.90. The molecule has 0 aliphatic carbocycles. The van der Waals surface area contributed by atoms with E-state index < -0.39 is 7.82 Å². The molecule has 5 nitrogen and oxygen atoms in total. The number of phosphoric acid groups is 1. The van der Waals surface area contributed by atoms with Crippen molar-refractivity contribution in [3.63, 3.8) is 0 Å². The van der Waals surface area contributed by atoms with Gasteiger partial charge in [-0.15, -0.1) is 0 Å². The molecule has 0 spiro atoms. The fourth-order valence-corrected chi connectivity index (χ4v) is 0. The van der Waals surface area contributed by atoms with Gasteiger partial charge in [0.05, 0.1) is 0 Å². The first-order chi connectivity index (χ1) is 2.00. The molecule has 0 saturated carbocycles. The van der Waals surface area contributed by atoms with E-state index in [1.165, 1.54) is 0 Å². The quantitative estimate of drug-likeness (QED) is 0.394. The van der Waals surface area contributed by atoms with Gasteiger partial charge in [-0.1, -0.05) is 0 Å². The van der Waals surface area contributed by atoms with Gasteiger partial charge < -0.3 is 20.8 Å². The zero-order chi connectivity index (χ0) is 4.50. The van der Waals surface area contributed by atoms with Crippen LogP contribution in [0.5, 0.6) is 0 Å². The molecule has 0 aromatic heterocycles. The van der Waals surface area contributed by atoms with E-state index in [-0.39, 0.29) is 75.0 Å². The topological polar surface area (TPSA) is 113 Å². The van der Waals surface area contributed by atoms with Gasteiger partial charge in [0.15, 0.2) is 0 Å². The minimum atomic E-state index is -4.64. The average Bonchev–Trinajstić information content (AvgIpc) is 0.722. The summed E-state index contributed by atoms with van der Waals surface area (Å²) in [4.78, 5) is 21.6. The maximum absolute atomic E-state index is 8.88. The van der Waals surface area contributed by atoms with Gasteiger partial charge in [0.1, 0.15) is 0 Å². The summed E-state index contributed by atoms with van der Waals surface area (Å²) in [7, 11) is -4.64. The molecule has 0 fully saturated rings. The van der Waals surface area contributed by atoms with Crippen LogP contribution in [0, 0.1) is 0 Å². The van der Waals surface area contributed by atoms with Crippen LogP contribution in [-0.4, -0.2) is 83.6 Å². The van der Waals surface area contributed by atoms with Crippen LogP contribution < -0.4 is 6.15 Å². The van der Waals surface area contributed by atoms with Gasteiger partial charge in [-0.05, 0) is 0 Å². The first kappa shape index (κ1) is 16.1. The van der Waals surface area contributed by atoms with Crippen molar-refractivity contribution in [3.8, 4) is 0 Å². The second kappa shape index (κ2) is 6.25. The van der Waals surface area contributed by atoms with Crippen LogP contribution in [0.2, 0.25) is 0 Å². The SMILES string of the molecule is N.O=P(O)(O)O.[CsH]. The predicted octanol–water partition coefficient (Wildman–Crippen LogP) is -1.42. The van der Waals surface area contributed by atoms with Gasteiger partial charge in [-0.3, -0.25) is 0 Å². The zero-order valence-corrected chi connectivity index (χ0v) is 3.80. The predicted molar refractivity (Wildman–Crippen MR) is 26.4 cm³/mol. The third-order valence-electron chi connectivity index (χ3n) is 0. The van der Waals surface area contributed by atoms with Crippen LogP contribution >= 0.6 is 7.82 Å². The number of hydrogen-bond acceptors (Lipinski definition) is 2. The van der Waals surface area contributed by atoms with Crippen molar-refractivity contribution in [2.24, 2.45) is 0 Å². The van der Waals surface area contributed by atoms with Crippen molar-refractivity contribution in [1.29, 1.82) is 0 Å². The summed E-state index contributed by atoms with van der Waals surface area (Å²) in [6.45, 7) is 0. The van der Waals surface area contributed by atoms with Gasteiger partial charge in [-0.25, -0.2) is 4.57 Å². The molecule has 0 saturated heterocycles. The molecule has 0 aliphatic rings. The summed E-state index contributed by atoms with van der Waals surface area (Å²) in [5.74, 6) is 0. The molecule has 0 rings (SSSR count). The fourth-order valence-electron chi connectivity index (χ4n) is 0. The Morgan fingerprint density at radius 2 is 1.14 bits per heavy atom. The minimum absolute atomic E-state index is 0. The summed E-state index contributed by atoms with van der Waals surface area (Å²) in [6.07, 6.45) is 0. The molecule has 42 valence electrons. The summed E-state index contributed by atoms with van der Waals surface area (Å²) in [6, 6.07) is 0. The molecular weight excluding hydrogens is 242 g/mol. The maximum atomic E-state index is 8.88. The van der Waals surface area contributed by atoms with Crippen molar-refractivity contribution in [1.82, 2.24) is 6.15 Å². The Kier molecular flexibility index (Phi) is 14.3. The van der Waals surface area contributed by atoms with Crippen LogP contribution in [0.25, 0.3) is 0 Å². The Morgan fingerprint density at radius 1 is 1.14 bits per heavy atom. The molecular formula is H7CsNO4P. The molecule has 7 heteroatoms. The molecule has 0 aliphatic heterocycles. The summed E-state index contributed by atoms with van der Waals surface area (Å²) in [5, 5.41) is 0. The van der Waals surface area contributed by atoms with Gasteiger partial charge in [-0.2, -0.15) is 0 Å². The van der Waals surface area contributed by atoms with Gasteiger partial charge in [0.2, 0.25) is 0 Å². The summed E-state index contributed by atoms with van der Waals surface area (Å²) >= 11 is 0. The molecule has 0 unspecified atom stereocenters. The van der Waals surface area contributed by atoms with Gasteiger partial charge in [0, 0.05) is 0 Å². The fraction of sp³-hybridized carbons (Fsp3) is 0. The Hall–Kier alpha value is 2.12. The molecule has 0 atom stereocenters. The van der Waals surface area contributed by atoms with E-state index in [1.54, 1.807) is 0 Å². The van der Waals surface area contributed by atoms with Crippen molar-refractivity contribution >= 4 is 76.7 Å². The van der Waals surface area contributed by atoms with Crippen molar-refractivity contribution in [3.05, 3.63) is 0 Å². The number of hydrogen-bond donors (Lipinski definition) is 4. The first-order valence-electron chi connectivity index (χ1n) is 0.783. The van der Waals surface area contributed by atoms with Crippen LogP contribution in [0.1, 0.15) is 0 Å². The molecule has 0 aromatic rings. The molecule has 0 amide bonds. The van der Waals surface area contributed by atoms with E-state index in [0.717, 1.165) is 0 Å². The molecule has 0 heterocycles. The monoisotopic (exact) mass is 249 g/mol. The van der Waals surface area contributed by atoms with Gasteiger partial charge in [0.25, 0.3) is 0 Å². The van der Waals surface area contributed by atoms with Crippen LogP contribution in [0.15, 0.2) is 0 Å². The molecule has 0 bridgehead atoms. The Balaban J connectivity index is -0.0000000800. The summed E-state index contributed by atoms with van der Waals surface area (Å²) in [5.41, 5.74) is 0. The van der Waals surface area contributed by atoms with Gasteiger partial charge >= 0.3 is 76.7 Å². The van der Waals surface area contributed by atoms with E-state index in [2.05, 4.69) is 0 Å². The molecule has 7 heavy (non-hydrogen) atoms. The molecule has 0 radical (unpaired) electrons. The van der Waals surface area contributed by atoms with Crippen LogP contribution in [0.4, 0.5) is 0 Å². The third-order valence-corrected chi connectivity index (χ3v) is 0. The second-order valence-corrected chi connectivity index (χ2v) is 1.54. The van der Waals surface area contributed by atoms with Crippen LogP contribution in [0.3, 0.4) is 0 Å². The summed E-state index contributed by atoms with van der Waals surface area (Å²) < 4.78 is 8.88. The molecule has 0 aromatic carbocycles. The Morgan fingerprint density at radius 3 is 1.14 bits per heavy atom. The standard InChI is InChI=1S/Cs.H3N.H3O4P.H/c;;1-5(2,3)4;/h;1H3;(H3,1,2,3,4);. The van der Waals surface area contributed by atoms with E-state index >= 15 is 0 Å². The van der Waals surface area contributed by atoms with Crippen molar-refractivity contribution in [2.75, 3.05) is 0 Å². The Labute approximate surface area is 99.7 Å². The van der Waals surface area contributed by atoms with Crippen LogP contribution in [-0.2, 0) is 4.57 Å². The Bertz CT molecular complexity index is 57.8. The first-order valence-corrected chi connectivity index (χ1v) is 2.35. The van der Waals surface area contributed by atoms with E-state index in [4.69, 9.17) is 19.2 Å². The average molecular weight is 249 g/mol. The third kappa shape index (κ3) is 67.6.